The molecule has 1 aliphatic rings. The second-order valence-electron chi connectivity index (χ2n) is 6.58. The number of hydrogen-bond donors (Lipinski definition) is 3. The van der Waals surface area contributed by atoms with Crippen LogP contribution in [-0.4, -0.2) is 33.7 Å². The molecule has 0 saturated carbocycles. The lowest BCUT2D eigenvalue weighted by Gasteiger charge is -2.21. The maximum Gasteiger partial charge on any atom is 0.269 e. The molecule has 3 amide bonds. The first-order valence-corrected chi connectivity index (χ1v) is 11.0. The molecule has 1 unspecified atom stereocenters. The molecule has 1 aliphatic heterocycles. The first kappa shape index (κ1) is 20.2. The summed E-state index contributed by atoms with van der Waals surface area (Å²) in [4.78, 5) is 42.5. The zero-order valence-electron chi connectivity index (χ0n) is 16.0. The van der Waals surface area contributed by atoms with Gasteiger partial charge in [0.2, 0.25) is 11.8 Å². The summed E-state index contributed by atoms with van der Waals surface area (Å²) in [5.41, 5.74) is 6.61. The number of fused-ring (bicyclic) bond motifs is 2. The topological polar surface area (TPSA) is 100 Å². The van der Waals surface area contributed by atoms with E-state index in [-0.39, 0.29) is 22.8 Å². The Bertz CT molecular complexity index is 1150. The van der Waals surface area contributed by atoms with Crippen LogP contribution in [0.5, 0.6) is 0 Å². The van der Waals surface area contributed by atoms with Gasteiger partial charge in [0.05, 0.1) is 22.2 Å². The molecule has 3 N–H and O–H groups in total. The summed E-state index contributed by atoms with van der Waals surface area (Å²) in [7, 11) is 0. The summed E-state index contributed by atoms with van der Waals surface area (Å²) < 4.78 is 0. The number of carbonyl (C=O) groups is 3. The van der Waals surface area contributed by atoms with Crippen LogP contribution < -0.4 is 16.2 Å². The third-order valence-electron chi connectivity index (χ3n) is 4.44. The molecule has 0 spiro atoms. The van der Waals surface area contributed by atoms with Gasteiger partial charge >= 0.3 is 0 Å². The summed E-state index contributed by atoms with van der Waals surface area (Å²) in [6.07, 6.45) is 1.72. The Morgan fingerprint density at radius 1 is 1.17 bits per heavy atom. The zero-order chi connectivity index (χ0) is 21.1. The Morgan fingerprint density at radius 2 is 2.00 bits per heavy atom. The molecule has 2 heterocycles. The van der Waals surface area contributed by atoms with Crippen molar-refractivity contribution in [2.45, 2.75) is 22.0 Å². The monoisotopic (exact) mass is 438 g/mol. The van der Waals surface area contributed by atoms with Crippen molar-refractivity contribution in [3.05, 3.63) is 60.3 Å². The number of hydrogen-bond acceptors (Lipinski definition) is 6. The average Bonchev–Trinajstić information content (AvgIpc) is 2.76. The lowest BCUT2D eigenvalue weighted by molar-refractivity contribution is -0.119. The highest BCUT2D eigenvalue weighted by Crippen LogP contribution is 2.35. The molecule has 0 radical (unpaired) electrons. The summed E-state index contributed by atoms with van der Waals surface area (Å²) in [5.74, 6) is -0.763. The molecular weight excluding hydrogens is 420 g/mol. The Hall–Kier alpha value is -3.04. The van der Waals surface area contributed by atoms with Crippen LogP contribution in [0.3, 0.4) is 0 Å². The van der Waals surface area contributed by atoms with E-state index in [0.29, 0.717) is 11.3 Å². The van der Waals surface area contributed by atoms with Crippen LogP contribution in [0.25, 0.3) is 10.9 Å². The minimum absolute atomic E-state index is 0.0988. The summed E-state index contributed by atoms with van der Waals surface area (Å²) in [6, 6.07) is 14.7. The fourth-order valence-electron chi connectivity index (χ4n) is 2.92. The van der Waals surface area contributed by atoms with Crippen molar-refractivity contribution in [1.82, 2.24) is 15.8 Å². The summed E-state index contributed by atoms with van der Waals surface area (Å²) in [5, 5.41) is 3.61. The standard InChI is InChI=1S/C21H18N4O3S2/c1-12-20(27)23-15-10-14(7-8-16(15)30-12)21(28)25-24-18(26)11-29-17-6-2-4-13-5-3-9-22-19(13)17/h2-10,12H,11H2,1H3,(H,23,27)(H,24,26)(H,25,28). The van der Waals surface area contributed by atoms with Crippen molar-refractivity contribution < 1.29 is 14.4 Å². The quantitative estimate of drug-likeness (QED) is 0.427. The predicted octanol–water partition coefficient (Wildman–Crippen LogP) is 3.22. The van der Waals surface area contributed by atoms with Crippen molar-refractivity contribution in [3.63, 3.8) is 0 Å². The molecular formula is C21H18N4O3S2. The van der Waals surface area contributed by atoms with Crippen LogP contribution in [0.2, 0.25) is 0 Å². The van der Waals surface area contributed by atoms with E-state index >= 15 is 0 Å². The number of thioether (sulfide) groups is 2. The first-order chi connectivity index (χ1) is 14.5. The van der Waals surface area contributed by atoms with Gasteiger partial charge in [0.15, 0.2) is 0 Å². The number of para-hydroxylation sites is 1. The van der Waals surface area contributed by atoms with Crippen molar-refractivity contribution in [1.29, 1.82) is 0 Å². The number of aromatic nitrogens is 1. The number of carbonyl (C=O) groups excluding carboxylic acids is 3. The second kappa shape index (κ2) is 8.76. The van der Waals surface area contributed by atoms with Gasteiger partial charge in [-0.1, -0.05) is 18.2 Å². The average molecular weight is 439 g/mol. The SMILES string of the molecule is CC1Sc2ccc(C(=O)NNC(=O)CSc3cccc4cccnc34)cc2NC1=O. The molecule has 2 aromatic carbocycles. The molecule has 0 aliphatic carbocycles. The van der Waals surface area contributed by atoms with E-state index in [9.17, 15) is 14.4 Å². The molecule has 3 aromatic rings. The first-order valence-electron chi connectivity index (χ1n) is 9.18. The minimum Gasteiger partial charge on any atom is -0.324 e. The van der Waals surface area contributed by atoms with Crippen LogP contribution in [0.4, 0.5) is 5.69 Å². The zero-order valence-corrected chi connectivity index (χ0v) is 17.6. The van der Waals surface area contributed by atoms with Gasteiger partial charge in [-0.15, -0.1) is 23.5 Å². The third-order valence-corrected chi connectivity index (χ3v) is 6.67. The summed E-state index contributed by atoms with van der Waals surface area (Å²) in [6.45, 7) is 1.82. The van der Waals surface area contributed by atoms with E-state index < -0.39 is 5.91 Å². The van der Waals surface area contributed by atoms with Gasteiger partial charge in [-0.2, -0.15) is 0 Å². The van der Waals surface area contributed by atoms with E-state index in [0.717, 1.165) is 20.7 Å². The largest absolute Gasteiger partial charge is 0.324 e. The van der Waals surface area contributed by atoms with E-state index in [4.69, 9.17) is 0 Å². The number of nitrogens with one attached hydrogen (secondary N) is 3. The van der Waals surface area contributed by atoms with Gasteiger partial charge < -0.3 is 5.32 Å². The highest BCUT2D eigenvalue weighted by atomic mass is 32.2. The van der Waals surface area contributed by atoms with Crippen LogP contribution in [-0.2, 0) is 9.59 Å². The van der Waals surface area contributed by atoms with E-state index in [2.05, 4.69) is 21.2 Å². The van der Waals surface area contributed by atoms with Gasteiger partial charge in [0, 0.05) is 26.9 Å². The number of rotatable bonds is 4. The summed E-state index contributed by atoms with van der Waals surface area (Å²) >= 11 is 2.79. The van der Waals surface area contributed by atoms with Crippen molar-refractivity contribution >= 4 is 57.8 Å². The van der Waals surface area contributed by atoms with Crippen LogP contribution in [0.1, 0.15) is 17.3 Å². The fraction of sp³-hybridized carbons (Fsp3) is 0.143. The Morgan fingerprint density at radius 3 is 2.87 bits per heavy atom. The fourth-order valence-corrected chi connectivity index (χ4v) is 4.69. The van der Waals surface area contributed by atoms with Crippen molar-refractivity contribution in [3.8, 4) is 0 Å². The van der Waals surface area contributed by atoms with E-state index in [1.165, 1.54) is 23.5 Å². The molecule has 1 aromatic heterocycles. The highest BCUT2D eigenvalue weighted by Gasteiger charge is 2.23. The van der Waals surface area contributed by atoms with Crippen LogP contribution >= 0.6 is 23.5 Å². The normalized spacial score (nSPS) is 15.2. The van der Waals surface area contributed by atoms with Crippen molar-refractivity contribution in [2.24, 2.45) is 0 Å². The van der Waals surface area contributed by atoms with Gasteiger partial charge in [-0.25, -0.2) is 0 Å². The van der Waals surface area contributed by atoms with E-state index in [1.54, 1.807) is 24.4 Å². The molecule has 0 fully saturated rings. The lowest BCUT2D eigenvalue weighted by Crippen LogP contribution is -2.42. The van der Waals surface area contributed by atoms with Gasteiger partial charge in [0.1, 0.15) is 0 Å². The Kier molecular flexibility index (Phi) is 5.91. The molecule has 152 valence electrons. The number of nitrogens with zero attached hydrogens (tertiary/aromatic N) is 1. The number of amides is 3. The number of pyridine rings is 1. The number of hydrazine groups is 1. The highest BCUT2D eigenvalue weighted by molar-refractivity contribution is 8.01. The maximum atomic E-state index is 12.4. The van der Waals surface area contributed by atoms with Gasteiger partial charge in [-0.3, -0.25) is 30.2 Å². The molecule has 4 rings (SSSR count). The van der Waals surface area contributed by atoms with Gasteiger partial charge in [0.25, 0.3) is 5.91 Å². The molecule has 0 bridgehead atoms. The lowest BCUT2D eigenvalue weighted by atomic mass is 10.2. The van der Waals surface area contributed by atoms with Crippen LogP contribution in [0, 0.1) is 0 Å². The van der Waals surface area contributed by atoms with Gasteiger partial charge in [-0.05, 0) is 37.3 Å². The van der Waals surface area contributed by atoms with E-state index in [1.807, 2.05) is 37.3 Å². The molecule has 9 heteroatoms. The van der Waals surface area contributed by atoms with Crippen LogP contribution in [0.15, 0.2) is 64.5 Å². The molecule has 0 saturated heterocycles. The minimum atomic E-state index is -0.458. The third kappa shape index (κ3) is 4.42. The molecule has 30 heavy (non-hydrogen) atoms. The molecule has 7 nitrogen and oxygen atoms in total. The predicted molar refractivity (Wildman–Crippen MR) is 118 cm³/mol. The molecule has 1 atom stereocenters. The smallest absolute Gasteiger partial charge is 0.269 e. The second-order valence-corrected chi connectivity index (χ2v) is 8.98. The Labute approximate surface area is 181 Å². The van der Waals surface area contributed by atoms with Crippen molar-refractivity contribution in [2.75, 3.05) is 11.1 Å². The maximum absolute atomic E-state index is 12.4. The number of benzene rings is 2. The Balaban J connectivity index is 1.33. The number of anilines is 1.